The minimum Gasteiger partial charge on any atom is -0.310 e. The Hall–Kier alpha value is -6.28. The second-order valence-corrected chi connectivity index (χ2v) is 17.0. The van der Waals surface area contributed by atoms with Crippen LogP contribution in [0.1, 0.15) is 72.2 Å². The van der Waals surface area contributed by atoms with Gasteiger partial charge in [-0.15, -0.1) is 0 Å². The highest BCUT2D eigenvalue weighted by Gasteiger charge is 2.43. The van der Waals surface area contributed by atoms with Gasteiger partial charge in [-0.25, -0.2) is 0 Å². The Morgan fingerprint density at radius 3 is 1.00 bits per heavy atom. The van der Waals surface area contributed by atoms with Crippen LogP contribution in [0.15, 0.2) is 146 Å². The molecule has 0 saturated heterocycles. The maximum atomic E-state index is 13.6. The van der Waals surface area contributed by atoms with E-state index in [1.165, 1.54) is 35.4 Å². The van der Waals surface area contributed by atoms with Crippen LogP contribution in [0.4, 0.5) is 60.5 Å². The van der Waals surface area contributed by atoms with Crippen molar-refractivity contribution < 1.29 is 26.3 Å². The van der Waals surface area contributed by atoms with Crippen LogP contribution in [-0.4, -0.2) is 0 Å². The summed E-state index contributed by atoms with van der Waals surface area (Å²) in [5.74, 6) is 0. The standard InChI is InChI=1S/C52H42F6N2/c1-31-25-39(59(35-13-9-7-10-14-35)37-21-17-33(18-22-37)51(53,54)55)27-45-47(31)41-29-44-42(30-43(41)49(45,3)4)48-32(2)26-40(28-46(48)50(44,5)6)60(36-15-11-8-12-16-36)38-23-19-34(20-24-38)52(56,57)58/h7-30H,1-6H3. The van der Waals surface area contributed by atoms with Crippen LogP contribution in [0.2, 0.25) is 0 Å². The molecule has 0 fully saturated rings. The van der Waals surface area contributed by atoms with Crippen molar-refractivity contribution >= 4 is 34.1 Å². The summed E-state index contributed by atoms with van der Waals surface area (Å²) in [6, 6.07) is 43.3. The summed E-state index contributed by atoms with van der Waals surface area (Å²) in [5, 5.41) is 0. The Balaban J connectivity index is 1.15. The summed E-state index contributed by atoms with van der Waals surface area (Å²) >= 11 is 0. The SMILES string of the molecule is Cc1cc(N(c2ccccc2)c2ccc(C(F)(F)F)cc2)cc2c1-c1cc3c(cc1C2(C)C)-c1c(C)cc(N(c2ccccc2)c2ccc(C(F)(F)F)cc2)cc1C3(C)C. The minimum absolute atomic E-state index is 0.420. The maximum Gasteiger partial charge on any atom is 0.416 e. The summed E-state index contributed by atoms with van der Waals surface area (Å²) < 4.78 is 81.6. The summed E-state index contributed by atoms with van der Waals surface area (Å²) in [6.45, 7) is 13.1. The Labute approximate surface area is 346 Å². The molecule has 0 aromatic heterocycles. The molecule has 7 aromatic rings. The van der Waals surface area contributed by atoms with Crippen LogP contribution in [0.5, 0.6) is 0 Å². The van der Waals surface area contributed by atoms with Gasteiger partial charge in [-0.1, -0.05) is 64.1 Å². The third kappa shape index (κ3) is 6.27. The van der Waals surface area contributed by atoms with E-state index in [0.717, 1.165) is 91.5 Å². The monoisotopic (exact) mass is 808 g/mol. The van der Waals surface area contributed by atoms with E-state index < -0.39 is 34.3 Å². The smallest absolute Gasteiger partial charge is 0.310 e. The lowest BCUT2D eigenvalue weighted by Crippen LogP contribution is -2.18. The van der Waals surface area contributed by atoms with Gasteiger partial charge in [-0.05, 0) is 179 Å². The van der Waals surface area contributed by atoms with Gasteiger partial charge >= 0.3 is 12.4 Å². The van der Waals surface area contributed by atoms with Crippen LogP contribution in [0.3, 0.4) is 0 Å². The van der Waals surface area contributed by atoms with Gasteiger partial charge in [0.1, 0.15) is 0 Å². The van der Waals surface area contributed by atoms with Crippen LogP contribution >= 0.6 is 0 Å². The van der Waals surface area contributed by atoms with E-state index in [0.29, 0.717) is 11.4 Å². The molecule has 0 bridgehead atoms. The summed E-state index contributed by atoms with van der Waals surface area (Å²) in [5.41, 5.74) is 13.8. The van der Waals surface area contributed by atoms with E-state index in [9.17, 15) is 26.3 Å². The van der Waals surface area contributed by atoms with Gasteiger partial charge in [0, 0.05) is 45.0 Å². The van der Waals surface area contributed by atoms with Crippen molar-refractivity contribution in [2.24, 2.45) is 0 Å². The number of nitrogens with zero attached hydrogens (tertiary/aromatic N) is 2. The van der Waals surface area contributed by atoms with Crippen LogP contribution in [-0.2, 0) is 23.2 Å². The van der Waals surface area contributed by atoms with E-state index in [1.54, 1.807) is 0 Å². The third-order valence-corrected chi connectivity index (χ3v) is 12.5. The molecule has 0 unspecified atom stereocenters. The molecule has 9 rings (SSSR count). The lowest BCUT2D eigenvalue weighted by Gasteiger charge is -2.29. The molecule has 302 valence electrons. The lowest BCUT2D eigenvalue weighted by atomic mass is 9.79. The number of alkyl halides is 6. The highest BCUT2D eigenvalue weighted by Crippen LogP contribution is 2.59. The Bertz CT molecular complexity index is 2590. The van der Waals surface area contributed by atoms with Gasteiger partial charge in [0.05, 0.1) is 11.1 Å². The number of hydrogen-bond donors (Lipinski definition) is 0. The molecule has 0 saturated carbocycles. The number of fused-ring (bicyclic) bond motifs is 6. The van der Waals surface area contributed by atoms with Crippen LogP contribution in [0.25, 0.3) is 22.3 Å². The van der Waals surface area contributed by atoms with Crippen molar-refractivity contribution in [2.45, 2.75) is 64.7 Å². The Morgan fingerprint density at radius 2 is 0.683 bits per heavy atom. The molecule has 0 aliphatic heterocycles. The molecule has 0 heterocycles. The first kappa shape index (κ1) is 39.2. The zero-order valence-corrected chi connectivity index (χ0v) is 34.0. The van der Waals surface area contributed by atoms with Crippen molar-refractivity contribution in [1.29, 1.82) is 0 Å². The lowest BCUT2D eigenvalue weighted by molar-refractivity contribution is -0.138. The molecule has 0 radical (unpaired) electrons. The number of halogens is 6. The first-order valence-corrected chi connectivity index (χ1v) is 19.9. The second kappa shape index (κ2) is 13.6. The second-order valence-electron chi connectivity index (χ2n) is 17.0. The zero-order valence-electron chi connectivity index (χ0n) is 34.0. The molecule has 2 aliphatic rings. The molecule has 0 spiro atoms. The van der Waals surface area contributed by atoms with Gasteiger partial charge < -0.3 is 9.80 Å². The largest absolute Gasteiger partial charge is 0.416 e. The van der Waals surface area contributed by atoms with Gasteiger partial charge in [-0.3, -0.25) is 0 Å². The molecule has 2 aliphatic carbocycles. The summed E-state index contributed by atoms with van der Waals surface area (Å²) in [7, 11) is 0. The molecule has 7 aromatic carbocycles. The molecule has 2 nitrogen and oxygen atoms in total. The Kier molecular flexibility index (Phi) is 8.90. The first-order chi connectivity index (χ1) is 28.4. The topological polar surface area (TPSA) is 6.48 Å². The predicted octanol–water partition coefficient (Wildman–Crippen LogP) is 15.9. The average Bonchev–Trinajstić information content (AvgIpc) is 3.57. The molecule has 60 heavy (non-hydrogen) atoms. The highest BCUT2D eigenvalue weighted by molar-refractivity contribution is 5.94. The molecular weight excluding hydrogens is 767 g/mol. The fourth-order valence-corrected chi connectivity index (χ4v) is 9.48. The van der Waals surface area contributed by atoms with E-state index in [2.05, 4.69) is 77.9 Å². The van der Waals surface area contributed by atoms with E-state index in [1.807, 2.05) is 70.5 Å². The number of para-hydroxylation sites is 2. The fourth-order valence-electron chi connectivity index (χ4n) is 9.48. The van der Waals surface area contributed by atoms with E-state index >= 15 is 0 Å². The maximum absolute atomic E-state index is 13.6. The normalized spacial score (nSPS) is 14.6. The van der Waals surface area contributed by atoms with Crippen molar-refractivity contribution in [3.8, 4) is 22.3 Å². The van der Waals surface area contributed by atoms with Crippen LogP contribution in [0, 0.1) is 13.8 Å². The number of benzene rings is 7. The van der Waals surface area contributed by atoms with Crippen LogP contribution < -0.4 is 9.80 Å². The average molecular weight is 809 g/mol. The molecule has 0 atom stereocenters. The summed E-state index contributed by atoms with van der Waals surface area (Å²) in [6.07, 6.45) is -8.88. The number of hydrogen-bond acceptors (Lipinski definition) is 2. The van der Waals surface area contributed by atoms with E-state index in [4.69, 9.17) is 0 Å². The first-order valence-electron chi connectivity index (χ1n) is 19.9. The van der Waals surface area contributed by atoms with Gasteiger partial charge in [0.15, 0.2) is 0 Å². The Morgan fingerprint density at radius 1 is 0.367 bits per heavy atom. The van der Waals surface area contributed by atoms with Crippen molar-refractivity contribution in [3.63, 3.8) is 0 Å². The minimum atomic E-state index is -4.44. The number of aryl methyl sites for hydroxylation is 2. The van der Waals surface area contributed by atoms with Crippen molar-refractivity contribution in [3.05, 3.63) is 190 Å². The molecular formula is C52H42F6N2. The van der Waals surface area contributed by atoms with Crippen molar-refractivity contribution in [2.75, 3.05) is 9.80 Å². The molecule has 8 heteroatoms. The van der Waals surface area contributed by atoms with Gasteiger partial charge in [0.2, 0.25) is 0 Å². The zero-order chi connectivity index (χ0) is 42.5. The fraction of sp³-hybridized carbons (Fsp3) is 0.192. The van der Waals surface area contributed by atoms with E-state index in [-0.39, 0.29) is 0 Å². The number of rotatable bonds is 6. The quantitative estimate of drug-likeness (QED) is 0.154. The van der Waals surface area contributed by atoms with Gasteiger partial charge in [-0.2, -0.15) is 26.3 Å². The predicted molar refractivity (Wildman–Crippen MR) is 230 cm³/mol. The van der Waals surface area contributed by atoms with Crippen molar-refractivity contribution in [1.82, 2.24) is 0 Å². The number of anilines is 6. The van der Waals surface area contributed by atoms with Gasteiger partial charge in [0.25, 0.3) is 0 Å². The molecule has 0 N–H and O–H groups in total. The molecule has 0 amide bonds. The summed E-state index contributed by atoms with van der Waals surface area (Å²) in [4.78, 5) is 4.02. The highest BCUT2D eigenvalue weighted by atomic mass is 19.4. The third-order valence-electron chi connectivity index (χ3n) is 12.5.